The first-order chi connectivity index (χ1) is 10.8. The summed E-state index contributed by atoms with van der Waals surface area (Å²) in [5.74, 6) is -0.0651. The van der Waals surface area contributed by atoms with Gasteiger partial charge in [-0.25, -0.2) is 13.1 Å². The Hall–Kier alpha value is -1.00. The topological polar surface area (TPSA) is 87.7 Å². The number of amides is 1. The van der Waals surface area contributed by atoms with E-state index < -0.39 is 10.0 Å². The highest BCUT2D eigenvalue weighted by molar-refractivity contribution is 7.89. The van der Waals surface area contributed by atoms with E-state index in [1.807, 2.05) is 19.0 Å². The van der Waals surface area contributed by atoms with Crippen molar-refractivity contribution in [2.24, 2.45) is 5.92 Å². The number of hydrogen-bond donors (Lipinski definition) is 2. The second-order valence-corrected chi connectivity index (χ2v) is 8.74. The molecule has 0 spiro atoms. The summed E-state index contributed by atoms with van der Waals surface area (Å²) in [4.78, 5) is 14.1. The quantitative estimate of drug-likeness (QED) is 0.779. The lowest BCUT2D eigenvalue weighted by molar-refractivity contribution is -0.0626. The minimum absolute atomic E-state index is 0.0364. The number of rotatable bonds is 5. The number of sulfonamides is 1. The second-order valence-electron chi connectivity index (χ2n) is 6.11. The van der Waals surface area contributed by atoms with E-state index in [-0.39, 0.29) is 34.9 Å². The van der Waals surface area contributed by atoms with E-state index in [2.05, 4.69) is 10.0 Å². The summed E-state index contributed by atoms with van der Waals surface area (Å²) in [6.07, 6.45) is 0.969. The first-order valence-electron chi connectivity index (χ1n) is 7.46. The summed E-state index contributed by atoms with van der Waals surface area (Å²) in [6, 6.07) is 1.29. The van der Waals surface area contributed by atoms with Gasteiger partial charge >= 0.3 is 0 Å². The molecule has 1 amide bonds. The molecule has 128 valence electrons. The molecule has 1 saturated heterocycles. The molecule has 1 aliphatic heterocycles. The van der Waals surface area contributed by atoms with Crippen LogP contribution in [0.2, 0.25) is 0 Å². The van der Waals surface area contributed by atoms with Crippen molar-refractivity contribution in [3.8, 4) is 0 Å². The molecule has 4 atom stereocenters. The molecule has 0 radical (unpaired) electrons. The number of thiophene rings is 1. The zero-order valence-corrected chi connectivity index (χ0v) is 14.9. The maximum Gasteiger partial charge on any atom is 0.261 e. The summed E-state index contributed by atoms with van der Waals surface area (Å²) in [7, 11) is 1.73. The highest BCUT2D eigenvalue weighted by Crippen LogP contribution is 2.41. The van der Waals surface area contributed by atoms with Crippen LogP contribution in [-0.2, 0) is 14.8 Å². The van der Waals surface area contributed by atoms with Crippen LogP contribution in [0.1, 0.15) is 16.1 Å². The lowest BCUT2D eigenvalue weighted by atomic mass is 9.71. The molecule has 9 heteroatoms. The molecule has 1 aliphatic carbocycles. The molecule has 2 N–H and O–H groups in total. The number of nitrogens with one attached hydrogen (secondary N) is 2. The van der Waals surface area contributed by atoms with E-state index in [0.29, 0.717) is 11.5 Å². The van der Waals surface area contributed by atoms with Crippen LogP contribution < -0.4 is 10.0 Å². The first kappa shape index (κ1) is 16.8. The van der Waals surface area contributed by atoms with Crippen LogP contribution in [0.4, 0.5) is 0 Å². The first-order valence-corrected chi connectivity index (χ1v) is 9.82. The summed E-state index contributed by atoms with van der Waals surface area (Å²) in [5.41, 5.74) is 0. The Morgan fingerprint density at radius 2 is 2.17 bits per heavy atom. The normalized spacial score (nSPS) is 30.1. The van der Waals surface area contributed by atoms with Gasteiger partial charge in [-0.15, -0.1) is 11.3 Å². The van der Waals surface area contributed by atoms with Crippen LogP contribution in [0.5, 0.6) is 0 Å². The second kappa shape index (κ2) is 6.14. The van der Waals surface area contributed by atoms with Gasteiger partial charge in [-0.1, -0.05) is 0 Å². The number of hydrogen-bond acceptors (Lipinski definition) is 6. The van der Waals surface area contributed by atoms with Gasteiger partial charge in [0.05, 0.1) is 21.9 Å². The molecule has 23 heavy (non-hydrogen) atoms. The third-order valence-corrected chi connectivity index (χ3v) is 7.09. The molecule has 3 rings (SSSR count). The summed E-state index contributed by atoms with van der Waals surface area (Å²) >= 11 is 1.12. The van der Waals surface area contributed by atoms with E-state index in [0.717, 1.165) is 17.8 Å². The molecule has 7 nitrogen and oxygen atoms in total. The van der Waals surface area contributed by atoms with E-state index in [4.69, 9.17) is 4.74 Å². The summed E-state index contributed by atoms with van der Waals surface area (Å²) < 4.78 is 33.7. The smallest absolute Gasteiger partial charge is 0.261 e. The van der Waals surface area contributed by atoms with Crippen LogP contribution in [0, 0.1) is 5.92 Å². The number of fused-ring (bicyclic) bond motifs is 1. The van der Waals surface area contributed by atoms with Crippen molar-refractivity contribution >= 4 is 27.3 Å². The van der Waals surface area contributed by atoms with Crippen LogP contribution in [-0.4, -0.2) is 65.2 Å². The molecule has 2 fully saturated rings. The van der Waals surface area contributed by atoms with Crippen LogP contribution in [0.15, 0.2) is 16.3 Å². The fourth-order valence-corrected chi connectivity index (χ4v) is 5.92. The van der Waals surface area contributed by atoms with Gasteiger partial charge in [-0.2, -0.15) is 0 Å². The van der Waals surface area contributed by atoms with Gasteiger partial charge in [0, 0.05) is 31.0 Å². The van der Waals surface area contributed by atoms with Crippen molar-refractivity contribution in [3.05, 3.63) is 16.3 Å². The largest absolute Gasteiger partial charge is 0.376 e. The van der Waals surface area contributed by atoms with Gasteiger partial charge in [0.25, 0.3) is 5.91 Å². The van der Waals surface area contributed by atoms with Gasteiger partial charge in [-0.05, 0) is 26.6 Å². The van der Waals surface area contributed by atoms with Gasteiger partial charge < -0.3 is 15.0 Å². The van der Waals surface area contributed by atoms with E-state index in [9.17, 15) is 13.2 Å². The Bertz CT molecular complexity index is 701. The molecule has 1 aromatic heterocycles. The van der Waals surface area contributed by atoms with Crippen molar-refractivity contribution in [3.63, 3.8) is 0 Å². The van der Waals surface area contributed by atoms with Gasteiger partial charge in [0.15, 0.2) is 0 Å². The Kier molecular flexibility index (Phi) is 4.49. The van der Waals surface area contributed by atoms with Crippen molar-refractivity contribution in [1.29, 1.82) is 0 Å². The third kappa shape index (κ3) is 2.91. The standard InChI is InChI=1S/C14H21N3O4S2/c1-15-14(18)10-6-8(7-22-10)23(19,20)16-11-9-4-5-21-13(9)12(11)17(2)3/h6-7,9,11-13,16H,4-5H2,1-3H3,(H,15,18)/t9-,11+,12-,13-/m1/s1. The molecule has 0 aromatic carbocycles. The molecule has 0 bridgehead atoms. The lowest BCUT2D eigenvalue weighted by Gasteiger charge is -2.50. The predicted molar refractivity (Wildman–Crippen MR) is 87.1 cm³/mol. The van der Waals surface area contributed by atoms with Gasteiger partial charge in [0.1, 0.15) is 0 Å². The fraction of sp³-hybridized carbons (Fsp3) is 0.643. The number of carbonyl (C=O) groups excluding carboxylic acids is 1. The molecule has 1 aromatic rings. The van der Waals surface area contributed by atoms with Crippen LogP contribution in [0.25, 0.3) is 0 Å². The zero-order chi connectivity index (χ0) is 16.8. The number of likely N-dealkylation sites (N-methyl/N-ethyl adjacent to an activating group) is 1. The van der Waals surface area contributed by atoms with Crippen LogP contribution >= 0.6 is 11.3 Å². The molecule has 2 heterocycles. The maximum atomic E-state index is 12.6. The summed E-state index contributed by atoms with van der Waals surface area (Å²) in [5, 5.41) is 3.99. The minimum atomic E-state index is -3.65. The third-order valence-electron chi connectivity index (χ3n) is 4.57. The Balaban J connectivity index is 1.78. The van der Waals surface area contributed by atoms with Gasteiger partial charge in [-0.3, -0.25) is 4.79 Å². The number of carbonyl (C=O) groups is 1. The van der Waals surface area contributed by atoms with E-state index >= 15 is 0 Å². The Morgan fingerprint density at radius 3 is 2.83 bits per heavy atom. The van der Waals surface area contributed by atoms with Crippen LogP contribution in [0.3, 0.4) is 0 Å². The monoisotopic (exact) mass is 359 g/mol. The highest BCUT2D eigenvalue weighted by Gasteiger charge is 2.56. The van der Waals surface area contributed by atoms with Crippen molar-refractivity contribution in [2.45, 2.75) is 29.5 Å². The van der Waals surface area contributed by atoms with E-state index in [1.165, 1.54) is 18.5 Å². The zero-order valence-electron chi connectivity index (χ0n) is 13.3. The molecular weight excluding hydrogens is 338 g/mol. The minimum Gasteiger partial charge on any atom is -0.376 e. The Labute approximate surface area is 140 Å². The maximum absolute atomic E-state index is 12.6. The Morgan fingerprint density at radius 1 is 1.43 bits per heavy atom. The SMILES string of the molecule is CNC(=O)c1cc(S(=O)(=O)N[C@H]2[C@H]3CCO[C@H]3[C@@H]2N(C)C)cs1. The number of nitrogens with zero attached hydrogens (tertiary/aromatic N) is 1. The molecular formula is C14H21N3O4S2. The van der Waals surface area contributed by atoms with E-state index in [1.54, 1.807) is 0 Å². The number of ether oxygens (including phenoxy) is 1. The van der Waals surface area contributed by atoms with Crippen molar-refractivity contribution in [2.75, 3.05) is 27.7 Å². The average molecular weight is 359 g/mol. The lowest BCUT2D eigenvalue weighted by Crippen LogP contribution is -2.69. The average Bonchev–Trinajstić information content (AvgIpc) is 3.11. The van der Waals surface area contributed by atoms with Crippen molar-refractivity contribution < 1.29 is 17.9 Å². The highest BCUT2D eigenvalue weighted by atomic mass is 32.2. The summed E-state index contributed by atoms with van der Waals surface area (Å²) in [6.45, 7) is 0.678. The molecule has 0 unspecified atom stereocenters. The molecule has 2 aliphatic rings. The molecule has 1 saturated carbocycles. The van der Waals surface area contributed by atoms with Crippen molar-refractivity contribution in [1.82, 2.24) is 14.9 Å². The van der Waals surface area contributed by atoms with Gasteiger partial charge in [0.2, 0.25) is 10.0 Å². The fourth-order valence-electron chi connectivity index (χ4n) is 3.40. The predicted octanol–water partition coefficient (Wildman–Crippen LogP) is 0.104.